The van der Waals surface area contributed by atoms with Crippen molar-refractivity contribution in [2.24, 2.45) is 0 Å². The fourth-order valence-corrected chi connectivity index (χ4v) is 14.6. The van der Waals surface area contributed by atoms with Gasteiger partial charge >= 0.3 is 5.97 Å². The summed E-state index contributed by atoms with van der Waals surface area (Å²) in [5.41, 5.74) is 5.25. The molecule has 2 spiro atoms. The number of hydrogen-bond donors (Lipinski definition) is 4. The summed E-state index contributed by atoms with van der Waals surface area (Å²) in [5.74, 6) is 0.467. The average molecular weight is 834 g/mol. The van der Waals surface area contributed by atoms with E-state index < -0.39 is 40.2 Å². The molecule has 4 bridgehead atoms. The third-order valence-electron chi connectivity index (χ3n) is 17.2. The quantitative estimate of drug-likeness (QED) is 0.156. The normalized spacial score (nSPS) is 32.5. The first kappa shape index (κ1) is 37.2. The van der Waals surface area contributed by atoms with E-state index >= 15 is 0 Å². The number of carbonyl (C=O) groups excluding carboxylic acids is 1. The number of rotatable bonds is 8. The molecule has 2 saturated heterocycles. The minimum Gasteiger partial charge on any atom is -0.504 e. The highest BCUT2D eigenvalue weighted by Gasteiger charge is 2.77. The molecule has 1 aromatic heterocycles. The topological polar surface area (TPSA) is 137 Å². The number of ether oxygens (including phenoxy) is 3. The molecule has 5 heterocycles. The van der Waals surface area contributed by atoms with E-state index in [1.807, 2.05) is 28.8 Å². The van der Waals surface area contributed by atoms with Crippen molar-refractivity contribution < 1.29 is 39.4 Å². The van der Waals surface area contributed by atoms with Gasteiger partial charge in [-0.25, -0.2) is 0 Å². The lowest BCUT2D eigenvalue weighted by atomic mass is 9.47. The number of phenols is 2. The highest BCUT2D eigenvalue weighted by Crippen LogP contribution is 2.73. The van der Waals surface area contributed by atoms with Gasteiger partial charge in [0.1, 0.15) is 6.54 Å². The smallest absolute Gasteiger partial charge is 0.325 e. The van der Waals surface area contributed by atoms with Gasteiger partial charge in [0.05, 0.1) is 40.5 Å². The second-order valence-electron chi connectivity index (χ2n) is 19.4. The second-order valence-corrected chi connectivity index (χ2v) is 19.4. The van der Waals surface area contributed by atoms with Crippen LogP contribution in [0.25, 0.3) is 0 Å². The van der Waals surface area contributed by atoms with E-state index in [0.29, 0.717) is 37.2 Å². The number of likely N-dealkylation sites (tertiary alicyclic amines) is 2. The van der Waals surface area contributed by atoms with Crippen LogP contribution in [0.4, 0.5) is 0 Å². The van der Waals surface area contributed by atoms with E-state index in [1.165, 1.54) is 18.2 Å². The van der Waals surface area contributed by atoms with E-state index in [2.05, 4.69) is 58.3 Å². The van der Waals surface area contributed by atoms with E-state index in [9.17, 15) is 25.2 Å². The van der Waals surface area contributed by atoms with Crippen molar-refractivity contribution in [1.29, 1.82) is 0 Å². The number of piperidine rings is 2. The van der Waals surface area contributed by atoms with Gasteiger partial charge in [0.25, 0.3) is 0 Å². The van der Waals surface area contributed by atoms with Gasteiger partial charge < -0.3 is 39.2 Å². The summed E-state index contributed by atoms with van der Waals surface area (Å²) in [6, 6.07) is 27.9. The Morgan fingerprint density at radius 1 is 0.677 bits per heavy atom. The minimum atomic E-state index is -1.32. The molecule has 2 fully saturated rings. The highest BCUT2D eigenvalue weighted by atomic mass is 16.5. The Kier molecular flexibility index (Phi) is 7.60. The number of nitrogens with zero attached hydrogens (tertiary/aromatic N) is 3. The third-order valence-corrected chi connectivity index (χ3v) is 17.2. The van der Waals surface area contributed by atoms with Crippen molar-refractivity contribution in [3.63, 3.8) is 0 Å². The number of carbonyl (C=O) groups is 1. The minimum absolute atomic E-state index is 0.0402. The molecule has 62 heavy (non-hydrogen) atoms. The zero-order valence-electron chi connectivity index (χ0n) is 34.8. The van der Waals surface area contributed by atoms with Crippen LogP contribution in [0.15, 0.2) is 84.9 Å². The van der Waals surface area contributed by atoms with Gasteiger partial charge in [0, 0.05) is 49.1 Å². The lowest BCUT2D eigenvalue weighted by Crippen LogP contribution is -2.75. The monoisotopic (exact) mass is 833 g/mol. The molecule has 0 radical (unpaired) electrons. The molecular weight excluding hydrogens is 783 g/mol. The Balaban J connectivity index is 1.01. The number of fused-ring (bicyclic) bond motifs is 5. The molecule has 4 aromatic carbocycles. The molecule has 8 atom stereocenters. The van der Waals surface area contributed by atoms with Crippen LogP contribution in [0.1, 0.15) is 80.9 Å². The number of aliphatic hydroxyl groups is 2. The summed E-state index contributed by atoms with van der Waals surface area (Å²) in [5, 5.41) is 51.0. The lowest BCUT2D eigenvalue weighted by molar-refractivity contribution is -0.175. The van der Waals surface area contributed by atoms with Crippen LogP contribution < -0.4 is 9.47 Å². The fourth-order valence-electron chi connectivity index (χ4n) is 14.6. The Bertz CT molecular complexity index is 2550. The summed E-state index contributed by atoms with van der Waals surface area (Å²) >= 11 is 0. The first-order valence-electron chi connectivity index (χ1n) is 22.5. The first-order valence-corrected chi connectivity index (χ1v) is 22.5. The molecule has 0 amide bonds. The first-order chi connectivity index (χ1) is 30.1. The Morgan fingerprint density at radius 2 is 1.13 bits per heavy atom. The fraction of sp³-hybridized carbons (Fsp3) is 0.431. The van der Waals surface area contributed by atoms with Crippen LogP contribution in [-0.2, 0) is 65.4 Å². The van der Waals surface area contributed by atoms with Crippen LogP contribution in [0.3, 0.4) is 0 Å². The molecular formula is C51H51N3O8. The zero-order chi connectivity index (χ0) is 41.9. The number of aromatic hydroxyl groups is 2. The molecule has 11 nitrogen and oxygen atoms in total. The van der Waals surface area contributed by atoms with Crippen molar-refractivity contribution in [1.82, 2.24) is 14.4 Å². The van der Waals surface area contributed by atoms with Crippen molar-refractivity contribution in [2.45, 2.75) is 104 Å². The molecule has 0 unspecified atom stereocenters. The van der Waals surface area contributed by atoms with Crippen molar-refractivity contribution in [3.05, 3.63) is 141 Å². The van der Waals surface area contributed by atoms with Crippen LogP contribution in [0, 0.1) is 0 Å². The Labute approximate surface area is 360 Å². The summed E-state index contributed by atoms with van der Waals surface area (Å²) in [6.45, 7) is 2.88. The lowest BCUT2D eigenvalue weighted by Gasteiger charge is -2.63. The predicted molar refractivity (Wildman–Crippen MR) is 228 cm³/mol. The maximum Gasteiger partial charge on any atom is 0.325 e. The van der Waals surface area contributed by atoms with Gasteiger partial charge in [-0.2, -0.15) is 0 Å². The number of hydrogen-bond acceptors (Lipinski definition) is 10. The maximum atomic E-state index is 14.0. The van der Waals surface area contributed by atoms with E-state index in [4.69, 9.17) is 14.2 Å². The molecule has 0 saturated carbocycles. The number of benzene rings is 4. The van der Waals surface area contributed by atoms with Gasteiger partial charge in [0.2, 0.25) is 0 Å². The summed E-state index contributed by atoms with van der Waals surface area (Å²) in [4.78, 5) is 18.7. The summed E-state index contributed by atoms with van der Waals surface area (Å²) < 4.78 is 21.7. The van der Waals surface area contributed by atoms with Crippen LogP contribution >= 0.6 is 0 Å². The zero-order valence-corrected chi connectivity index (χ0v) is 34.8. The molecule has 318 valence electrons. The Morgan fingerprint density at radius 3 is 1.56 bits per heavy atom. The van der Waals surface area contributed by atoms with E-state index in [0.717, 1.165) is 83.8 Å². The van der Waals surface area contributed by atoms with E-state index in [1.54, 1.807) is 12.1 Å². The largest absolute Gasteiger partial charge is 0.504 e. The SMILES string of the molecule is COC(=O)Cn1c2c(c3c1[C@@H]1Oc4c(O)ccc5c4[C@@]14CCN(CCc1ccccc1)[C@H](C5)[C@]4(O)C3)C[C@@]1(O)[C@H]3Cc4ccc(O)c5c4[C@@]1(CCN3CCc1ccccc1)[C@H]2O5. The molecule has 13 rings (SSSR count). The van der Waals surface area contributed by atoms with Crippen molar-refractivity contribution in [2.75, 3.05) is 33.3 Å². The van der Waals surface area contributed by atoms with Gasteiger partial charge in [-0.05, 0) is 97.1 Å². The number of phenolic OH excluding ortho intramolecular Hbond substituents is 2. The van der Waals surface area contributed by atoms with Crippen LogP contribution in [0.2, 0.25) is 0 Å². The van der Waals surface area contributed by atoms with Gasteiger partial charge in [-0.3, -0.25) is 14.6 Å². The number of methoxy groups -OCH3 is 1. The molecule has 11 heteroatoms. The average Bonchev–Trinajstić information content (AvgIpc) is 3.91. The number of aromatic nitrogens is 1. The van der Waals surface area contributed by atoms with E-state index in [-0.39, 0.29) is 43.0 Å². The summed E-state index contributed by atoms with van der Waals surface area (Å²) in [7, 11) is 1.39. The van der Waals surface area contributed by atoms with Gasteiger partial charge in [-0.15, -0.1) is 0 Å². The molecule has 4 aliphatic heterocycles. The van der Waals surface area contributed by atoms with Crippen LogP contribution in [-0.4, -0.2) is 97.3 Å². The third kappa shape index (κ3) is 4.42. The molecule has 8 aliphatic rings. The Hall–Kier alpha value is -5.33. The molecule has 4 N–H and O–H groups in total. The molecule has 4 aliphatic carbocycles. The van der Waals surface area contributed by atoms with Gasteiger partial charge in [0.15, 0.2) is 35.2 Å². The van der Waals surface area contributed by atoms with Crippen molar-refractivity contribution in [3.8, 4) is 23.0 Å². The summed E-state index contributed by atoms with van der Waals surface area (Å²) in [6.07, 6.45) is 3.14. The molecule has 5 aromatic rings. The predicted octanol–water partition coefficient (Wildman–Crippen LogP) is 5.14. The van der Waals surface area contributed by atoms with Gasteiger partial charge in [-0.1, -0.05) is 72.8 Å². The maximum absolute atomic E-state index is 14.0. The second kappa shape index (κ2) is 12.7. The van der Waals surface area contributed by atoms with Crippen LogP contribution in [0.5, 0.6) is 23.0 Å². The standard InChI is InChI=1S/C51H51N3O8/c1-60-39(57)28-54-42-33(26-50(58)37-24-31-12-14-35(55)44-40(31)48(50,46(42)61-44)18-22-52(37)20-16-29-8-4-2-5-9-29)34-27-51(59)38-25-32-13-15-36(56)45-41(32)49(51,47(62-45)43(34)54)19-23-53(38)21-17-30-10-6-3-7-11-30/h2-15,37-38,46-47,55-56,58-59H,16-28H2,1H3/t37-,38-,46+,47+,48+,49+,50-,51-/m1/s1. The van der Waals surface area contributed by atoms with Crippen molar-refractivity contribution >= 4 is 5.97 Å². The number of esters is 1. The highest BCUT2D eigenvalue weighted by molar-refractivity contribution is 5.72.